The molecule has 2 unspecified atom stereocenters. The summed E-state index contributed by atoms with van der Waals surface area (Å²) in [6, 6.07) is 5.45. The van der Waals surface area contributed by atoms with Gasteiger partial charge >= 0.3 is 6.18 Å². The molecule has 0 aromatic heterocycles. The van der Waals surface area contributed by atoms with Crippen LogP contribution in [-0.4, -0.2) is 29.9 Å². The van der Waals surface area contributed by atoms with Crippen LogP contribution in [0.25, 0.3) is 0 Å². The molecule has 2 saturated carbocycles. The molecule has 3 fully saturated rings. The highest BCUT2D eigenvalue weighted by Gasteiger charge is 2.61. The molecule has 6 heteroatoms. The molecule has 0 bridgehead atoms. The molecule has 3 aliphatic carbocycles. The zero-order chi connectivity index (χ0) is 23.8. The predicted molar refractivity (Wildman–Crippen MR) is 121 cm³/mol. The molecule has 33 heavy (non-hydrogen) atoms. The molecule has 5 rings (SSSR count). The second-order valence-electron chi connectivity index (χ2n) is 11.4. The number of hydrogen-bond donors (Lipinski definition) is 0. The van der Waals surface area contributed by atoms with Gasteiger partial charge in [-0.1, -0.05) is 13.8 Å². The summed E-state index contributed by atoms with van der Waals surface area (Å²) in [5.41, 5.74) is 0.779. The van der Waals surface area contributed by atoms with Crippen LogP contribution in [0.2, 0.25) is 0 Å². The second-order valence-corrected chi connectivity index (χ2v) is 11.4. The molecule has 1 heterocycles. The zero-order valence-electron chi connectivity index (χ0n) is 19.9. The number of allylic oxidation sites excluding steroid dienone is 2. The summed E-state index contributed by atoms with van der Waals surface area (Å²) < 4.78 is 45.0. The smallest absolute Gasteiger partial charge is 0.416 e. The maximum Gasteiger partial charge on any atom is 0.416 e. The number of likely N-dealkylation sites (tertiary alicyclic amines) is 1. The van der Waals surface area contributed by atoms with Crippen LogP contribution in [0, 0.1) is 28.6 Å². The number of ketones is 1. The van der Waals surface area contributed by atoms with Crippen LogP contribution in [0.15, 0.2) is 36.0 Å². The van der Waals surface area contributed by atoms with Gasteiger partial charge in [-0.25, -0.2) is 0 Å². The third kappa shape index (κ3) is 3.59. The van der Waals surface area contributed by atoms with Gasteiger partial charge in [-0.2, -0.15) is 13.2 Å². The van der Waals surface area contributed by atoms with Crippen molar-refractivity contribution in [3.8, 4) is 5.75 Å². The Morgan fingerprint density at radius 1 is 1.09 bits per heavy atom. The second kappa shape index (κ2) is 7.51. The molecule has 0 spiro atoms. The lowest BCUT2D eigenvalue weighted by atomic mass is 9.49. The highest BCUT2D eigenvalue weighted by molar-refractivity contribution is 5.91. The first-order chi connectivity index (χ1) is 15.4. The van der Waals surface area contributed by atoms with E-state index >= 15 is 0 Å². The SMILES string of the molecule is CC1[C@@H]2[C@@H](CC[C@]3(C)CC(Oc4ccc(C(F)(F)F)cc4)C[C@@H]23)[C@@]2(C)CCC(=O)C=C2N1C. The Kier molecular flexibility index (Phi) is 5.19. The minimum Gasteiger partial charge on any atom is -0.490 e. The van der Waals surface area contributed by atoms with Crippen molar-refractivity contribution in [1.29, 1.82) is 0 Å². The van der Waals surface area contributed by atoms with Gasteiger partial charge < -0.3 is 9.64 Å². The summed E-state index contributed by atoms with van der Waals surface area (Å²) in [6.07, 6.45) is 3.31. The van der Waals surface area contributed by atoms with Crippen LogP contribution in [0.3, 0.4) is 0 Å². The zero-order valence-corrected chi connectivity index (χ0v) is 19.9. The summed E-state index contributed by atoms with van der Waals surface area (Å²) in [4.78, 5) is 14.6. The largest absolute Gasteiger partial charge is 0.490 e. The number of fused-ring (bicyclic) bond motifs is 5. The topological polar surface area (TPSA) is 29.5 Å². The van der Waals surface area contributed by atoms with Crippen molar-refractivity contribution in [3.63, 3.8) is 0 Å². The van der Waals surface area contributed by atoms with Gasteiger partial charge in [0.05, 0.1) is 11.7 Å². The Balaban J connectivity index is 1.38. The normalized spacial score (nSPS) is 40.6. The highest BCUT2D eigenvalue weighted by Crippen LogP contribution is 2.65. The highest BCUT2D eigenvalue weighted by atomic mass is 19.4. The third-order valence-corrected chi connectivity index (χ3v) is 9.69. The lowest BCUT2D eigenvalue weighted by molar-refractivity contribution is -0.137. The number of carbonyl (C=O) groups excluding carboxylic acids is 1. The molecule has 1 aromatic carbocycles. The van der Waals surface area contributed by atoms with Crippen molar-refractivity contribution in [3.05, 3.63) is 41.6 Å². The standard InChI is InChI=1S/C27H34F3NO2/c1-16-24-21(26(3)12-9-18(32)13-23(26)31(16)4)10-11-25(2)15-20(14-22(24)25)33-19-7-5-17(6-8-19)27(28,29)30/h5-8,13,16,20-22,24H,9-12,14-15H2,1-4H3/t16?,20?,21-,22+,24-,25-,26-/m1/s1. The Bertz CT molecular complexity index is 971. The lowest BCUT2D eigenvalue weighted by Crippen LogP contribution is -2.60. The number of hydrogen-bond acceptors (Lipinski definition) is 3. The number of piperidine rings is 1. The summed E-state index contributed by atoms with van der Waals surface area (Å²) >= 11 is 0. The van der Waals surface area contributed by atoms with E-state index < -0.39 is 11.7 Å². The third-order valence-electron chi connectivity index (χ3n) is 9.69. The molecule has 7 atom stereocenters. The van der Waals surface area contributed by atoms with Crippen LogP contribution in [0.4, 0.5) is 13.2 Å². The van der Waals surface area contributed by atoms with Crippen LogP contribution >= 0.6 is 0 Å². The van der Waals surface area contributed by atoms with Crippen molar-refractivity contribution in [1.82, 2.24) is 4.90 Å². The minimum absolute atomic E-state index is 0.0191. The molecule has 1 aromatic rings. The van der Waals surface area contributed by atoms with E-state index in [4.69, 9.17) is 4.74 Å². The Hall–Kier alpha value is -1.98. The molecular weight excluding hydrogens is 427 g/mol. The first-order valence-electron chi connectivity index (χ1n) is 12.2. The van der Waals surface area contributed by atoms with Crippen LogP contribution in [-0.2, 0) is 11.0 Å². The van der Waals surface area contributed by atoms with Crippen LogP contribution in [0.1, 0.15) is 64.9 Å². The first kappa shape index (κ1) is 22.8. The van der Waals surface area contributed by atoms with Gasteiger partial charge in [0, 0.05) is 36.7 Å². The van der Waals surface area contributed by atoms with Crippen molar-refractivity contribution < 1.29 is 22.7 Å². The van der Waals surface area contributed by atoms with Gasteiger partial charge in [0.25, 0.3) is 0 Å². The quantitative estimate of drug-likeness (QED) is 0.505. The fraction of sp³-hybridized carbons (Fsp3) is 0.667. The lowest BCUT2D eigenvalue weighted by Gasteiger charge is -2.62. The number of carbonyl (C=O) groups is 1. The Morgan fingerprint density at radius 3 is 2.45 bits per heavy atom. The number of rotatable bonds is 2. The van der Waals surface area contributed by atoms with Crippen molar-refractivity contribution in [2.45, 2.75) is 77.6 Å². The Morgan fingerprint density at radius 2 is 1.79 bits per heavy atom. The average Bonchev–Trinajstić information content (AvgIpc) is 3.08. The number of halogens is 3. The maximum absolute atomic E-state index is 12.9. The molecule has 0 N–H and O–H groups in total. The summed E-state index contributed by atoms with van der Waals surface area (Å²) in [6.45, 7) is 7.04. The van der Waals surface area contributed by atoms with E-state index in [2.05, 4.69) is 32.7 Å². The van der Waals surface area contributed by atoms with E-state index in [9.17, 15) is 18.0 Å². The summed E-state index contributed by atoms with van der Waals surface area (Å²) in [5, 5.41) is 0. The van der Waals surface area contributed by atoms with E-state index in [1.165, 1.54) is 17.8 Å². The molecule has 0 radical (unpaired) electrons. The van der Waals surface area contributed by atoms with E-state index in [1.807, 2.05) is 6.08 Å². The molecular formula is C27H34F3NO2. The van der Waals surface area contributed by atoms with Gasteiger partial charge in [0.1, 0.15) is 5.75 Å². The molecule has 4 aliphatic rings. The van der Waals surface area contributed by atoms with Crippen LogP contribution < -0.4 is 4.74 Å². The predicted octanol–water partition coefficient (Wildman–Crippen LogP) is 6.48. The van der Waals surface area contributed by atoms with Gasteiger partial charge in [0.2, 0.25) is 0 Å². The number of benzene rings is 1. The monoisotopic (exact) mass is 461 g/mol. The molecule has 0 amide bonds. The van der Waals surface area contributed by atoms with E-state index in [1.54, 1.807) is 0 Å². The average molecular weight is 462 g/mol. The van der Waals surface area contributed by atoms with E-state index in [0.717, 1.165) is 44.2 Å². The molecule has 3 nitrogen and oxygen atoms in total. The van der Waals surface area contributed by atoms with Crippen molar-refractivity contribution in [2.75, 3.05) is 7.05 Å². The summed E-state index contributed by atoms with van der Waals surface area (Å²) in [5.74, 6) is 2.33. The molecule has 180 valence electrons. The first-order valence-corrected chi connectivity index (χ1v) is 12.2. The van der Waals surface area contributed by atoms with Crippen molar-refractivity contribution in [2.24, 2.45) is 28.6 Å². The fourth-order valence-electron chi connectivity index (χ4n) is 7.87. The van der Waals surface area contributed by atoms with E-state index in [0.29, 0.717) is 36.0 Å². The minimum atomic E-state index is -4.33. The van der Waals surface area contributed by atoms with Gasteiger partial charge in [-0.3, -0.25) is 4.79 Å². The molecule has 1 aliphatic heterocycles. The maximum atomic E-state index is 12.9. The Labute approximate surface area is 194 Å². The number of ether oxygens (including phenoxy) is 1. The van der Waals surface area contributed by atoms with E-state index in [-0.39, 0.29) is 22.7 Å². The van der Waals surface area contributed by atoms with Crippen molar-refractivity contribution >= 4 is 5.78 Å². The number of nitrogens with zero attached hydrogens (tertiary/aromatic N) is 1. The summed E-state index contributed by atoms with van der Waals surface area (Å²) in [7, 11) is 2.14. The van der Waals surface area contributed by atoms with Crippen LogP contribution in [0.5, 0.6) is 5.75 Å². The van der Waals surface area contributed by atoms with Gasteiger partial charge in [-0.15, -0.1) is 0 Å². The van der Waals surface area contributed by atoms with Gasteiger partial charge in [0.15, 0.2) is 5.78 Å². The van der Waals surface area contributed by atoms with Gasteiger partial charge in [-0.05, 0) is 86.5 Å². The fourth-order valence-corrected chi connectivity index (χ4v) is 7.87. The number of alkyl halides is 3. The molecule has 1 saturated heterocycles.